The molecule has 154 valence electrons. The molecule has 0 fully saturated rings. The number of ether oxygens (including phenoxy) is 1. The Morgan fingerprint density at radius 3 is 2.27 bits per heavy atom. The Hall–Kier alpha value is -3.80. The monoisotopic (exact) mass is 403 g/mol. The standard InChI is InChI=1S/C24H25N3O3/c1-2-30-21-14-12-20(13-15-21)26-24(29)25-17-23(28)27-22-11-7-6-10-19(22)16-18-8-4-3-5-9-18/h3-15H,2,16-17H2,1H3,(H,27,28)(H2,25,26,29). The number of carbonyl (C=O) groups excluding carboxylic acids is 2. The van der Waals surface area contributed by atoms with E-state index in [9.17, 15) is 9.59 Å². The largest absolute Gasteiger partial charge is 0.494 e. The number of rotatable bonds is 8. The molecule has 0 bridgehead atoms. The van der Waals surface area contributed by atoms with Crippen LogP contribution < -0.4 is 20.7 Å². The van der Waals surface area contributed by atoms with Gasteiger partial charge < -0.3 is 20.7 Å². The molecule has 3 rings (SSSR count). The van der Waals surface area contributed by atoms with Crippen molar-refractivity contribution in [3.63, 3.8) is 0 Å². The van der Waals surface area contributed by atoms with E-state index in [4.69, 9.17) is 4.74 Å². The van der Waals surface area contributed by atoms with Crippen molar-refractivity contribution >= 4 is 23.3 Å². The number of anilines is 2. The molecule has 0 saturated heterocycles. The van der Waals surface area contributed by atoms with E-state index in [1.54, 1.807) is 24.3 Å². The maximum Gasteiger partial charge on any atom is 0.319 e. The van der Waals surface area contributed by atoms with Gasteiger partial charge in [-0.3, -0.25) is 4.79 Å². The number of para-hydroxylation sites is 1. The fourth-order valence-corrected chi connectivity index (χ4v) is 2.94. The van der Waals surface area contributed by atoms with Crippen molar-refractivity contribution in [1.29, 1.82) is 0 Å². The lowest BCUT2D eigenvalue weighted by Crippen LogP contribution is -2.35. The third-order valence-electron chi connectivity index (χ3n) is 4.36. The van der Waals surface area contributed by atoms with Gasteiger partial charge in [-0.1, -0.05) is 48.5 Å². The molecule has 0 aromatic heterocycles. The van der Waals surface area contributed by atoms with E-state index in [1.165, 1.54) is 0 Å². The number of amides is 3. The van der Waals surface area contributed by atoms with Gasteiger partial charge >= 0.3 is 6.03 Å². The van der Waals surface area contributed by atoms with Crippen LogP contribution in [0.4, 0.5) is 16.2 Å². The summed E-state index contributed by atoms with van der Waals surface area (Å²) in [5.74, 6) is 0.439. The summed E-state index contributed by atoms with van der Waals surface area (Å²) >= 11 is 0. The Kier molecular flexibility index (Phi) is 7.44. The fraction of sp³-hybridized carbons (Fsp3) is 0.167. The molecular formula is C24H25N3O3. The summed E-state index contributed by atoms with van der Waals surface area (Å²) in [7, 11) is 0. The smallest absolute Gasteiger partial charge is 0.319 e. The second-order valence-electron chi connectivity index (χ2n) is 6.63. The SMILES string of the molecule is CCOc1ccc(NC(=O)NCC(=O)Nc2ccccc2Cc2ccccc2)cc1. The molecule has 0 radical (unpaired) electrons. The summed E-state index contributed by atoms with van der Waals surface area (Å²) in [4.78, 5) is 24.4. The van der Waals surface area contributed by atoms with Gasteiger partial charge in [-0.2, -0.15) is 0 Å². The molecule has 3 amide bonds. The quantitative estimate of drug-likeness (QED) is 0.520. The molecule has 0 unspecified atom stereocenters. The Labute approximate surface area is 176 Å². The number of nitrogens with one attached hydrogen (secondary N) is 3. The van der Waals surface area contributed by atoms with Crippen LogP contribution in [0.1, 0.15) is 18.1 Å². The van der Waals surface area contributed by atoms with Gasteiger partial charge in [0, 0.05) is 11.4 Å². The molecule has 0 aliphatic rings. The first-order valence-corrected chi connectivity index (χ1v) is 9.83. The predicted octanol–water partition coefficient (Wildman–Crippen LogP) is 4.44. The van der Waals surface area contributed by atoms with Crippen molar-refractivity contribution < 1.29 is 14.3 Å². The zero-order valence-electron chi connectivity index (χ0n) is 16.9. The summed E-state index contributed by atoms with van der Waals surface area (Å²) in [5, 5.41) is 8.13. The average molecular weight is 403 g/mol. The Morgan fingerprint density at radius 1 is 0.833 bits per heavy atom. The van der Waals surface area contributed by atoms with Crippen LogP contribution in [-0.4, -0.2) is 25.1 Å². The van der Waals surface area contributed by atoms with E-state index in [-0.39, 0.29) is 12.5 Å². The topological polar surface area (TPSA) is 79.5 Å². The van der Waals surface area contributed by atoms with Gasteiger partial charge in [0.15, 0.2) is 0 Å². The second kappa shape index (κ2) is 10.7. The first kappa shape index (κ1) is 20.9. The van der Waals surface area contributed by atoms with Crippen molar-refractivity contribution in [2.75, 3.05) is 23.8 Å². The normalized spacial score (nSPS) is 10.2. The molecule has 3 aromatic carbocycles. The van der Waals surface area contributed by atoms with Gasteiger partial charge in [0.05, 0.1) is 13.2 Å². The molecule has 0 saturated carbocycles. The highest BCUT2D eigenvalue weighted by atomic mass is 16.5. The van der Waals surface area contributed by atoms with Gasteiger partial charge in [0.25, 0.3) is 0 Å². The van der Waals surface area contributed by atoms with Crippen LogP contribution >= 0.6 is 0 Å². The van der Waals surface area contributed by atoms with Crippen LogP contribution in [0.5, 0.6) is 5.75 Å². The number of carbonyl (C=O) groups is 2. The molecule has 0 atom stereocenters. The molecule has 0 heterocycles. The van der Waals surface area contributed by atoms with E-state index in [1.807, 2.05) is 61.5 Å². The van der Waals surface area contributed by atoms with E-state index >= 15 is 0 Å². The lowest BCUT2D eigenvalue weighted by molar-refractivity contribution is -0.115. The molecular weight excluding hydrogens is 378 g/mol. The first-order chi connectivity index (χ1) is 14.6. The minimum Gasteiger partial charge on any atom is -0.494 e. The average Bonchev–Trinajstić information content (AvgIpc) is 2.76. The van der Waals surface area contributed by atoms with Crippen molar-refractivity contribution in [2.24, 2.45) is 0 Å². The maximum atomic E-state index is 12.3. The summed E-state index contributed by atoms with van der Waals surface area (Å²) in [6, 6.07) is 24.3. The molecule has 0 spiro atoms. The Bertz CT molecular complexity index is 973. The molecule has 0 aliphatic heterocycles. The summed E-state index contributed by atoms with van der Waals surface area (Å²) in [5.41, 5.74) is 3.52. The fourth-order valence-electron chi connectivity index (χ4n) is 2.94. The van der Waals surface area contributed by atoms with E-state index < -0.39 is 6.03 Å². The van der Waals surface area contributed by atoms with Gasteiger partial charge in [0.2, 0.25) is 5.91 Å². The molecule has 3 N–H and O–H groups in total. The van der Waals surface area contributed by atoms with E-state index in [0.29, 0.717) is 18.7 Å². The van der Waals surface area contributed by atoms with Crippen LogP contribution in [0.2, 0.25) is 0 Å². The Morgan fingerprint density at radius 2 is 1.53 bits per heavy atom. The van der Waals surface area contributed by atoms with Crippen molar-refractivity contribution in [3.05, 3.63) is 90.0 Å². The third kappa shape index (κ3) is 6.38. The third-order valence-corrected chi connectivity index (χ3v) is 4.36. The number of urea groups is 1. The van der Waals surface area contributed by atoms with Crippen LogP contribution in [0.15, 0.2) is 78.9 Å². The molecule has 30 heavy (non-hydrogen) atoms. The predicted molar refractivity (Wildman–Crippen MR) is 119 cm³/mol. The highest BCUT2D eigenvalue weighted by Crippen LogP contribution is 2.19. The number of benzene rings is 3. The van der Waals surface area contributed by atoms with Crippen LogP contribution in [0.25, 0.3) is 0 Å². The lowest BCUT2D eigenvalue weighted by atomic mass is 10.0. The number of hydrogen-bond donors (Lipinski definition) is 3. The maximum absolute atomic E-state index is 12.3. The number of hydrogen-bond acceptors (Lipinski definition) is 3. The Balaban J connectivity index is 1.50. The highest BCUT2D eigenvalue weighted by Gasteiger charge is 2.09. The minimum atomic E-state index is -0.452. The summed E-state index contributed by atoms with van der Waals surface area (Å²) in [6.45, 7) is 2.35. The van der Waals surface area contributed by atoms with Gasteiger partial charge in [-0.25, -0.2) is 4.79 Å². The lowest BCUT2D eigenvalue weighted by Gasteiger charge is -2.12. The van der Waals surface area contributed by atoms with Gasteiger partial charge in [0.1, 0.15) is 5.75 Å². The van der Waals surface area contributed by atoms with Crippen molar-refractivity contribution in [2.45, 2.75) is 13.3 Å². The molecule has 6 nitrogen and oxygen atoms in total. The summed E-state index contributed by atoms with van der Waals surface area (Å²) in [6.07, 6.45) is 0.711. The minimum absolute atomic E-state index is 0.136. The highest BCUT2D eigenvalue weighted by molar-refractivity contribution is 5.97. The molecule has 3 aromatic rings. The van der Waals surface area contributed by atoms with E-state index in [0.717, 1.165) is 22.6 Å². The van der Waals surface area contributed by atoms with Crippen LogP contribution in [-0.2, 0) is 11.2 Å². The zero-order valence-corrected chi connectivity index (χ0v) is 16.9. The first-order valence-electron chi connectivity index (χ1n) is 9.83. The molecule has 6 heteroatoms. The molecule has 0 aliphatic carbocycles. The van der Waals surface area contributed by atoms with Gasteiger partial charge in [-0.05, 0) is 54.8 Å². The van der Waals surface area contributed by atoms with E-state index in [2.05, 4.69) is 16.0 Å². The van der Waals surface area contributed by atoms with Crippen molar-refractivity contribution in [1.82, 2.24) is 5.32 Å². The van der Waals surface area contributed by atoms with Crippen molar-refractivity contribution in [3.8, 4) is 5.75 Å². The van der Waals surface area contributed by atoms with Crippen LogP contribution in [0.3, 0.4) is 0 Å². The zero-order chi connectivity index (χ0) is 21.2. The summed E-state index contributed by atoms with van der Waals surface area (Å²) < 4.78 is 5.37. The van der Waals surface area contributed by atoms with Gasteiger partial charge in [-0.15, -0.1) is 0 Å². The second-order valence-corrected chi connectivity index (χ2v) is 6.63. The van der Waals surface area contributed by atoms with Crippen LogP contribution in [0, 0.1) is 0 Å².